The zero-order valence-electron chi connectivity index (χ0n) is 12.3. The van der Waals surface area contributed by atoms with E-state index in [1.54, 1.807) is 0 Å². The van der Waals surface area contributed by atoms with Crippen LogP contribution in [0.1, 0.15) is 44.9 Å². The number of anilines is 1. The van der Waals surface area contributed by atoms with Gasteiger partial charge >= 0.3 is 0 Å². The van der Waals surface area contributed by atoms with Crippen LogP contribution in [0.3, 0.4) is 0 Å². The predicted octanol–water partition coefficient (Wildman–Crippen LogP) is 3.30. The van der Waals surface area contributed by atoms with Crippen molar-refractivity contribution in [1.29, 1.82) is 0 Å². The van der Waals surface area contributed by atoms with Gasteiger partial charge in [-0.15, -0.1) is 0 Å². The minimum Gasteiger partial charge on any atom is -0.454 e. The Bertz CT molecular complexity index is 531. The van der Waals surface area contributed by atoms with Crippen LogP contribution in [0.4, 0.5) is 5.69 Å². The summed E-state index contributed by atoms with van der Waals surface area (Å²) < 4.78 is 10.8. The van der Waals surface area contributed by atoms with E-state index in [0.717, 1.165) is 36.4 Å². The molecule has 114 valence electrons. The normalized spacial score (nSPS) is 34.3. The Morgan fingerprint density at radius 1 is 1.05 bits per heavy atom. The minimum absolute atomic E-state index is 0.150. The zero-order valence-corrected chi connectivity index (χ0v) is 12.3. The van der Waals surface area contributed by atoms with E-state index in [2.05, 4.69) is 5.32 Å². The van der Waals surface area contributed by atoms with E-state index >= 15 is 0 Å². The first-order valence-corrected chi connectivity index (χ1v) is 8.14. The van der Waals surface area contributed by atoms with E-state index in [4.69, 9.17) is 9.47 Å². The maximum Gasteiger partial charge on any atom is 0.231 e. The van der Waals surface area contributed by atoms with Gasteiger partial charge in [-0.1, -0.05) is 19.3 Å². The largest absolute Gasteiger partial charge is 0.454 e. The predicted molar refractivity (Wildman–Crippen MR) is 80.7 cm³/mol. The third-order valence-corrected chi connectivity index (χ3v) is 5.45. The van der Waals surface area contributed by atoms with Gasteiger partial charge in [0.15, 0.2) is 11.5 Å². The number of hydrogen-bond acceptors (Lipinski definition) is 4. The van der Waals surface area contributed by atoms with Gasteiger partial charge in [-0.05, 0) is 43.7 Å². The Morgan fingerprint density at radius 2 is 1.90 bits per heavy atom. The molecule has 1 heterocycles. The zero-order chi connectivity index (χ0) is 14.3. The molecular weight excluding hydrogens is 266 g/mol. The second-order valence-corrected chi connectivity index (χ2v) is 6.63. The van der Waals surface area contributed by atoms with Gasteiger partial charge in [-0.3, -0.25) is 0 Å². The summed E-state index contributed by atoms with van der Waals surface area (Å²) in [4.78, 5) is 0. The van der Waals surface area contributed by atoms with Crippen molar-refractivity contribution in [2.75, 3.05) is 12.1 Å². The average Bonchev–Trinajstić information content (AvgIpc) is 2.95. The Morgan fingerprint density at radius 3 is 2.86 bits per heavy atom. The molecule has 2 saturated carbocycles. The molecule has 4 nitrogen and oxygen atoms in total. The van der Waals surface area contributed by atoms with Crippen LogP contribution in [-0.4, -0.2) is 23.5 Å². The van der Waals surface area contributed by atoms with Crippen LogP contribution in [-0.2, 0) is 0 Å². The van der Waals surface area contributed by atoms with Gasteiger partial charge in [0.05, 0.1) is 11.6 Å². The van der Waals surface area contributed by atoms with Crippen LogP contribution in [0.15, 0.2) is 18.2 Å². The van der Waals surface area contributed by atoms with Crippen LogP contribution in [0.5, 0.6) is 11.5 Å². The molecule has 4 rings (SSSR count). The lowest BCUT2D eigenvalue weighted by atomic mass is 9.65. The third kappa shape index (κ3) is 2.26. The molecule has 0 amide bonds. The first kappa shape index (κ1) is 13.3. The van der Waals surface area contributed by atoms with Crippen molar-refractivity contribution < 1.29 is 14.6 Å². The molecule has 0 bridgehead atoms. The Labute approximate surface area is 125 Å². The molecule has 2 aliphatic carbocycles. The van der Waals surface area contributed by atoms with Crippen molar-refractivity contribution >= 4 is 5.69 Å². The fourth-order valence-electron chi connectivity index (χ4n) is 4.31. The van der Waals surface area contributed by atoms with Gasteiger partial charge in [-0.2, -0.15) is 0 Å². The summed E-state index contributed by atoms with van der Waals surface area (Å²) in [5.74, 6) is 2.06. The fraction of sp³-hybridized carbons (Fsp3) is 0.647. The number of aliphatic hydroxyl groups is 1. The topological polar surface area (TPSA) is 50.7 Å². The summed E-state index contributed by atoms with van der Waals surface area (Å²) in [5.41, 5.74) is 0.483. The SMILES string of the molecule is O[C@@]12CCCC[C@@H]1CCC[C@H]2Nc1ccc2c(c1)OCO2. The monoisotopic (exact) mass is 289 g/mol. The summed E-state index contributed by atoms with van der Waals surface area (Å²) in [7, 11) is 0. The number of fused-ring (bicyclic) bond motifs is 2. The second kappa shape index (κ2) is 5.09. The summed E-state index contributed by atoms with van der Waals surface area (Å²) in [6, 6.07) is 6.09. The summed E-state index contributed by atoms with van der Waals surface area (Å²) >= 11 is 0. The molecule has 21 heavy (non-hydrogen) atoms. The fourth-order valence-corrected chi connectivity index (χ4v) is 4.31. The summed E-state index contributed by atoms with van der Waals surface area (Å²) in [6.45, 7) is 0.300. The van der Waals surface area contributed by atoms with Crippen LogP contribution >= 0.6 is 0 Å². The van der Waals surface area contributed by atoms with E-state index in [1.165, 1.54) is 25.7 Å². The van der Waals surface area contributed by atoms with E-state index in [-0.39, 0.29) is 6.04 Å². The summed E-state index contributed by atoms with van der Waals surface area (Å²) in [5, 5.41) is 14.8. The molecule has 3 atom stereocenters. The smallest absolute Gasteiger partial charge is 0.231 e. The van der Waals surface area contributed by atoms with Crippen molar-refractivity contribution in [2.24, 2.45) is 5.92 Å². The Kier molecular flexibility index (Phi) is 3.21. The van der Waals surface area contributed by atoms with E-state index in [1.807, 2.05) is 18.2 Å². The van der Waals surface area contributed by atoms with Crippen LogP contribution in [0.2, 0.25) is 0 Å². The number of rotatable bonds is 2. The first-order chi connectivity index (χ1) is 10.3. The minimum atomic E-state index is -0.535. The lowest BCUT2D eigenvalue weighted by Crippen LogP contribution is -2.56. The molecule has 0 unspecified atom stereocenters. The lowest BCUT2D eigenvalue weighted by molar-refractivity contribution is -0.0835. The lowest BCUT2D eigenvalue weighted by Gasteiger charge is -2.49. The van der Waals surface area contributed by atoms with Crippen molar-refractivity contribution in [3.63, 3.8) is 0 Å². The highest BCUT2D eigenvalue weighted by Crippen LogP contribution is 2.45. The molecule has 3 aliphatic rings. The quantitative estimate of drug-likeness (QED) is 0.877. The molecule has 1 aromatic rings. The van der Waals surface area contributed by atoms with Gasteiger partial charge in [0.1, 0.15) is 0 Å². The van der Waals surface area contributed by atoms with Gasteiger partial charge in [-0.25, -0.2) is 0 Å². The maximum absolute atomic E-state index is 11.2. The molecule has 1 aliphatic heterocycles. The van der Waals surface area contributed by atoms with Crippen LogP contribution in [0.25, 0.3) is 0 Å². The molecule has 0 saturated heterocycles. The van der Waals surface area contributed by atoms with Crippen molar-refractivity contribution in [2.45, 2.75) is 56.6 Å². The highest BCUT2D eigenvalue weighted by molar-refractivity contribution is 5.56. The van der Waals surface area contributed by atoms with Crippen LogP contribution in [0, 0.1) is 5.92 Å². The average molecular weight is 289 g/mol. The molecule has 0 radical (unpaired) electrons. The molecule has 1 aromatic carbocycles. The van der Waals surface area contributed by atoms with Crippen molar-refractivity contribution in [3.8, 4) is 11.5 Å². The molecule has 0 aromatic heterocycles. The molecule has 0 spiro atoms. The van der Waals surface area contributed by atoms with Crippen LogP contribution < -0.4 is 14.8 Å². The van der Waals surface area contributed by atoms with Gasteiger partial charge in [0, 0.05) is 11.8 Å². The highest BCUT2D eigenvalue weighted by atomic mass is 16.7. The Hall–Kier alpha value is -1.42. The molecule has 2 N–H and O–H groups in total. The van der Waals surface area contributed by atoms with E-state index in [9.17, 15) is 5.11 Å². The number of benzene rings is 1. The maximum atomic E-state index is 11.2. The molecule has 4 heteroatoms. The number of hydrogen-bond donors (Lipinski definition) is 2. The Balaban J connectivity index is 1.55. The number of nitrogens with one attached hydrogen (secondary N) is 1. The standard InChI is InChI=1S/C17H23NO3/c19-17-9-2-1-4-12(17)5-3-6-16(17)18-13-7-8-14-15(10-13)21-11-20-14/h7-8,10,12,16,18-19H,1-6,9,11H2/t12-,16-,17+/m1/s1. The van der Waals surface area contributed by atoms with E-state index in [0.29, 0.717) is 12.7 Å². The van der Waals surface area contributed by atoms with Gasteiger partial charge in [0.25, 0.3) is 0 Å². The van der Waals surface area contributed by atoms with Crippen molar-refractivity contribution in [1.82, 2.24) is 0 Å². The first-order valence-electron chi connectivity index (χ1n) is 8.14. The second-order valence-electron chi connectivity index (χ2n) is 6.63. The molecular formula is C17H23NO3. The van der Waals surface area contributed by atoms with E-state index < -0.39 is 5.60 Å². The van der Waals surface area contributed by atoms with Crippen molar-refractivity contribution in [3.05, 3.63) is 18.2 Å². The molecule has 2 fully saturated rings. The van der Waals surface area contributed by atoms with Gasteiger partial charge in [0.2, 0.25) is 6.79 Å². The summed E-state index contributed by atoms with van der Waals surface area (Å²) in [6.07, 6.45) is 7.94. The highest BCUT2D eigenvalue weighted by Gasteiger charge is 2.47. The third-order valence-electron chi connectivity index (χ3n) is 5.45. The number of ether oxygens (including phenoxy) is 2. The van der Waals surface area contributed by atoms with Gasteiger partial charge < -0.3 is 19.9 Å².